The Balaban J connectivity index is 2.44. The highest BCUT2D eigenvalue weighted by Crippen LogP contribution is 2.35. The first-order valence-corrected chi connectivity index (χ1v) is 8.15. The number of hydrogen-bond acceptors (Lipinski definition) is 7. The number of nitrogens with zero attached hydrogens (tertiary/aromatic N) is 2. The lowest BCUT2D eigenvalue weighted by Gasteiger charge is -2.08. The van der Waals surface area contributed by atoms with Crippen LogP contribution in [0.25, 0.3) is 10.2 Å². The molecule has 2 aromatic rings. The van der Waals surface area contributed by atoms with Crippen molar-refractivity contribution in [3.05, 3.63) is 15.7 Å². The van der Waals surface area contributed by atoms with Crippen molar-refractivity contribution in [1.29, 1.82) is 0 Å². The van der Waals surface area contributed by atoms with Gasteiger partial charge >= 0.3 is 5.97 Å². The number of aryl methyl sites for hydroxylation is 1. The first-order chi connectivity index (χ1) is 10.4. The lowest BCUT2D eigenvalue weighted by molar-refractivity contribution is 0.0383. The SMILES string of the molecule is Cc1c(C(=O)OC(C)C)sc2nc(Cl)nc(NCCCO)c12. The van der Waals surface area contributed by atoms with Crippen LogP contribution in [0.2, 0.25) is 5.28 Å². The van der Waals surface area contributed by atoms with Crippen LogP contribution in [0, 0.1) is 6.92 Å². The second kappa shape index (κ2) is 7.21. The normalized spacial score (nSPS) is 11.2. The molecule has 22 heavy (non-hydrogen) atoms. The van der Waals surface area contributed by atoms with E-state index in [-0.39, 0.29) is 24.0 Å². The molecule has 0 bridgehead atoms. The van der Waals surface area contributed by atoms with Crippen molar-refractivity contribution in [3.63, 3.8) is 0 Å². The highest BCUT2D eigenvalue weighted by Gasteiger charge is 2.21. The van der Waals surface area contributed by atoms with Gasteiger partial charge in [0, 0.05) is 13.2 Å². The maximum Gasteiger partial charge on any atom is 0.348 e. The maximum absolute atomic E-state index is 12.2. The lowest BCUT2D eigenvalue weighted by atomic mass is 10.2. The molecule has 0 unspecified atom stereocenters. The van der Waals surface area contributed by atoms with Gasteiger partial charge in [-0.05, 0) is 44.4 Å². The van der Waals surface area contributed by atoms with Crippen LogP contribution in [0.1, 0.15) is 35.5 Å². The van der Waals surface area contributed by atoms with E-state index >= 15 is 0 Å². The van der Waals surface area contributed by atoms with Crippen LogP contribution in [-0.2, 0) is 4.74 Å². The number of esters is 1. The number of fused-ring (bicyclic) bond motifs is 1. The molecule has 0 amide bonds. The molecule has 0 aliphatic carbocycles. The summed E-state index contributed by atoms with van der Waals surface area (Å²) in [4.78, 5) is 21.7. The van der Waals surface area contributed by atoms with Crippen LogP contribution >= 0.6 is 22.9 Å². The maximum atomic E-state index is 12.2. The number of aromatic nitrogens is 2. The summed E-state index contributed by atoms with van der Waals surface area (Å²) in [5, 5.41) is 12.9. The van der Waals surface area contributed by atoms with Gasteiger partial charge in [-0.3, -0.25) is 0 Å². The summed E-state index contributed by atoms with van der Waals surface area (Å²) in [5.74, 6) is 0.203. The van der Waals surface area contributed by atoms with Crippen molar-refractivity contribution in [2.75, 3.05) is 18.5 Å². The fraction of sp³-hybridized carbons (Fsp3) is 0.500. The predicted octanol–water partition coefficient (Wildman–Crippen LogP) is 3.01. The summed E-state index contributed by atoms with van der Waals surface area (Å²) >= 11 is 7.18. The minimum absolute atomic E-state index is 0.0868. The number of aliphatic hydroxyl groups excluding tert-OH is 1. The van der Waals surface area contributed by atoms with Gasteiger partial charge < -0.3 is 15.2 Å². The van der Waals surface area contributed by atoms with Crippen molar-refractivity contribution in [2.24, 2.45) is 0 Å². The number of carbonyl (C=O) groups is 1. The number of thiophene rings is 1. The average Bonchev–Trinajstić information content (AvgIpc) is 2.75. The first-order valence-electron chi connectivity index (χ1n) is 6.96. The fourth-order valence-corrected chi connectivity index (χ4v) is 3.27. The van der Waals surface area contributed by atoms with Crippen molar-refractivity contribution in [3.8, 4) is 0 Å². The lowest BCUT2D eigenvalue weighted by Crippen LogP contribution is -2.11. The van der Waals surface area contributed by atoms with Gasteiger partial charge in [0.15, 0.2) is 0 Å². The van der Waals surface area contributed by atoms with Crippen LogP contribution in [0.5, 0.6) is 0 Å². The van der Waals surface area contributed by atoms with E-state index in [0.717, 1.165) is 10.9 Å². The van der Waals surface area contributed by atoms with E-state index in [9.17, 15) is 4.79 Å². The van der Waals surface area contributed by atoms with E-state index in [1.54, 1.807) is 13.8 Å². The molecule has 0 spiro atoms. The standard InChI is InChI=1S/C14H18ClN3O3S/c1-7(2)21-13(20)10-8(3)9-11(16-5-4-6-19)17-14(15)18-12(9)22-10/h7,19H,4-6H2,1-3H3,(H,16,17,18). The second-order valence-corrected chi connectivity index (χ2v) is 6.37. The van der Waals surface area contributed by atoms with Crippen LogP contribution in [-0.4, -0.2) is 40.3 Å². The molecule has 2 N–H and O–H groups in total. The van der Waals surface area contributed by atoms with Crippen LogP contribution < -0.4 is 5.32 Å². The monoisotopic (exact) mass is 343 g/mol. The van der Waals surface area contributed by atoms with E-state index in [1.165, 1.54) is 11.3 Å². The molecule has 120 valence electrons. The van der Waals surface area contributed by atoms with Crippen LogP contribution in [0.3, 0.4) is 0 Å². The molecule has 2 rings (SSSR count). The summed E-state index contributed by atoms with van der Waals surface area (Å²) in [6, 6.07) is 0. The fourth-order valence-electron chi connectivity index (χ4n) is 1.99. The Bertz CT molecular complexity index is 688. The van der Waals surface area contributed by atoms with E-state index < -0.39 is 0 Å². The van der Waals surface area contributed by atoms with Crippen molar-refractivity contribution in [2.45, 2.75) is 33.3 Å². The molecule has 0 fully saturated rings. The number of anilines is 1. The third-order valence-corrected chi connectivity index (χ3v) is 4.25. The molecule has 0 saturated heterocycles. The Hall–Kier alpha value is -1.44. The van der Waals surface area contributed by atoms with Gasteiger partial charge in [0.25, 0.3) is 0 Å². The molecule has 0 aliphatic heterocycles. The Morgan fingerprint density at radius 2 is 2.18 bits per heavy atom. The molecule has 6 nitrogen and oxygen atoms in total. The first kappa shape index (κ1) is 16.9. The quantitative estimate of drug-likeness (QED) is 0.476. The zero-order chi connectivity index (χ0) is 16.3. The molecular weight excluding hydrogens is 326 g/mol. The molecule has 0 atom stereocenters. The minimum Gasteiger partial charge on any atom is -0.459 e. The number of halogens is 1. The van der Waals surface area contributed by atoms with Gasteiger partial charge in [-0.1, -0.05) is 0 Å². The molecule has 2 aromatic heterocycles. The smallest absolute Gasteiger partial charge is 0.348 e. The van der Waals surface area contributed by atoms with Crippen molar-refractivity contribution in [1.82, 2.24) is 9.97 Å². The zero-order valence-corrected chi connectivity index (χ0v) is 14.2. The van der Waals surface area contributed by atoms with E-state index in [0.29, 0.717) is 28.5 Å². The van der Waals surface area contributed by atoms with Crippen molar-refractivity contribution >= 4 is 44.9 Å². The second-order valence-electron chi connectivity index (χ2n) is 5.04. The van der Waals surface area contributed by atoms with Crippen LogP contribution in [0.15, 0.2) is 0 Å². The predicted molar refractivity (Wildman–Crippen MR) is 87.9 cm³/mol. The largest absolute Gasteiger partial charge is 0.459 e. The van der Waals surface area contributed by atoms with E-state index in [2.05, 4.69) is 15.3 Å². The van der Waals surface area contributed by atoms with Gasteiger partial charge in [0.1, 0.15) is 15.5 Å². The molecular formula is C14H18ClN3O3S. The van der Waals surface area contributed by atoms with Gasteiger partial charge in [0.05, 0.1) is 11.5 Å². The average molecular weight is 344 g/mol. The third kappa shape index (κ3) is 3.66. The minimum atomic E-state index is -0.368. The highest BCUT2D eigenvalue weighted by molar-refractivity contribution is 7.20. The molecule has 0 saturated carbocycles. The van der Waals surface area contributed by atoms with Gasteiger partial charge in [-0.25, -0.2) is 14.8 Å². The number of hydrogen-bond donors (Lipinski definition) is 2. The zero-order valence-electron chi connectivity index (χ0n) is 12.6. The Kier molecular flexibility index (Phi) is 5.55. The Morgan fingerprint density at radius 3 is 2.82 bits per heavy atom. The highest BCUT2D eigenvalue weighted by atomic mass is 35.5. The van der Waals surface area contributed by atoms with E-state index in [1.807, 2.05) is 6.92 Å². The summed E-state index contributed by atoms with van der Waals surface area (Å²) in [6.45, 7) is 6.09. The molecule has 8 heteroatoms. The van der Waals surface area contributed by atoms with Gasteiger partial charge in [-0.15, -0.1) is 11.3 Å². The third-order valence-electron chi connectivity index (χ3n) is 2.92. The van der Waals surface area contributed by atoms with Crippen molar-refractivity contribution < 1.29 is 14.6 Å². The van der Waals surface area contributed by atoms with Gasteiger partial charge in [-0.2, -0.15) is 0 Å². The van der Waals surface area contributed by atoms with E-state index in [4.69, 9.17) is 21.4 Å². The summed E-state index contributed by atoms with van der Waals surface area (Å²) in [6.07, 6.45) is 0.406. The Morgan fingerprint density at radius 1 is 1.45 bits per heavy atom. The number of carbonyl (C=O) groups excluding carboxylic acids is 1. The summed E-state index contributed by atoms with van der Waals surface area (Å²) in [7, 11) is 0. The molecule has 0 radical (unpaired) electrons. The number of ether oxygens (including phenoxy) is 1. The number of nitrogens with one attached hydrogen (secondary N) is 1. The number of rotatable bonds is 6. The molecule has 2 heterocycles. The number of aliphatic hydroxyl groups is 1. The Labute approximate surface area is 137 Å². The van der Waals surface area contributed by atoms with Gasteiger partial charge in [0.2, 0.25) is 5.28 Å². The topological polar surface area (TPSA) is 84.3 Å². The molecule has 0 aliphatic rings. The van der Waals surface area contributed by atoms with Crippen LogP contribution in [0.4, 0.5) is 5.82 Å². The molecule has 0 aromatic carbocycles. The summed E-state index contributed by atoms with van der Waals surface area (Å²) in [5.41, 5.74) is 0.772. The summed E-state index contributed by atoms with van der Waals surface area (Å²) < 4.78 is 5.25.